The summed E-state index contributed by atoms with van der Waals surface area (Å²) in [7, 11) is 1.00. The van der Waals surface area contributed by atoms with Crippen molar-refractivity contribution < 1.29 is 19.7 Å². The highest BCUT2D eigenvalue weighted by atomic mass is 35.5. The lowest BCUT2D eigenvalue weighted by atomic mass is 10.2. The number of pyridine rings is 1. The molecule has 1 aromatic carbocycles. The number of fused-ring (bicyclic) bond motifs is 1. The van der Waals surface area contributed by atoms with Crippen molar-refractivity contribution in [2.24, 2.45) is 0 Å². The number of rotatable bonds is 3. The molecule has 6 heteroatoms. The molecule has 2 heterocycles. The van der Waals surface area contributed by atoms with Crippen molar-refractivity contribution in [2.75, 3.05) is 13.7 Å². The molecule has 2 atom stereocenters. The van der Waals surface area contributed by atoms with Crippen LogP contribution in [0.15, 0.2) is 30.3 Å². The van der Waals surface area contributed by atoms with Crippen molar-refractivity contribution in [1.82, 2.24) is 4.98 Å². The van der Waals surface area contributed by atoms with Gasteiger partial charge in [-0.15, -0.1) is 0 Å². The number of ether oxygens (including phenoxy) is 2. The largest absolute Gasteiger partial charge is 0.491 e. The van der Waals surface area contributed by atoms with Crippen LogP contribution in [0.3, 0.4) is 0 Å². The van der Waals surface area contributed by atoms with E-state index in [4.69, 9.17) is 26.2 Å². The van der Waals surface area contributed by atoms with E-state index >= 15 is 0 Å². The molecule has 0 spiro atoms. The van der Waals surface area contributed by atoms with E-state index in [1.165, 1.54) is 0 Å². The topological polar surface area (TPSA) is 71.8 Å². The molecule has 1 saturated heterocycles. The molecule has 2 unspecified atom stereocenters. The van der Waals surface area contributed by atoms with Crippen LogP contribution in [-0.4, -0.2) is 41.3 Å². The molecule has 0 radical (unpaired) electrons. The number of benzene rings is 1. The summed E-state index contributed by atoms with van der Waals surface area (Å²) < 4.78 is 11.0. The van der Waals surface area contributed by atoms with Crippen LogP contribution in [-0.2, 0) is 4.74 Å². The molecule has 1 fully saturated rings. The molecule has 0 bridgehead atoms. The molecular formula is C15H18ClNO4. The van der Waals surface area contributed by atoms with Gasteiger partial charge in [0.05, 0.1) is 11.6 Å². The number of hydrogen-bond acceptors (Lipinski definition) is 5. The second-order valence-electron chi connectivity index (χ2n) is 4.59. The van der Waals surface area contributed by atoms with Gasteiger partial charge in [0.1, 0.15) is 17.5 Å². The summed E-state index contributed by atoms with van der Waals surface area (Å²) in [6.45, 7) is 0.434. The maximum atomic E-state index is 9.27. The normalized spacial score (nSPS) is 21.0. The van der Waals surface area contributed by atoms with Gasteiger partial charge in [-0.05, 0) is 30.7 Å². The van der Waals surface area contributed by atoms with Gasteiger partial charge in [-0.2, -0.15) is 0 Å². The molecule has 114 valence electrons. The van der Waals surface area contributed by atoms with Crippen LogP contribution in [0.2, 0.25) is 5.15 Å². The van der Waals surface area contributed by atoms with E-state index in [9.17, 15) is 5.11 Å². The molecule has 0 saturated carbocycles. The highest BCUT2D eigenvalue weighted by molar-refractivity contribution is 6.29. The molecule has 1 aliphatic heterocycles. The molecular weight excluding hydrogens is 294 g/mol. The average molecular weight is 312 g/mol. The monoisotopic (exact) mass is 311 g/mol. The fraction of sp³-hybridized carbons (Fsp3) is 0.400. The van der Waals surface area contributed by atoms with Gasteiger partial charge in [-0.1, -0.05) is 11.6 Å². The minimum atomic E-state index is -0.648. The van der Waals surface area contributed by atoms with Gasteiger partial charge in [0.25, 0.3) is 0 Å². The molecule has 3 rings (SSSR count). The standard InChI is InChI=1S/C14H14ClNO3.CH4O/c15-13-5-2-9-1-3-10(7-12(9)16-13)18-8-11-4-6-14(17)19-11;1-2/h1-3,5,7,11,14,17H,4,6,8H2;2H,1H3. The van der Waals surface area contributed by atoms with Crippen molar-refractivity contribution in [3.05, 3.63) is 35.5 Å². The van der Waals surface area contributed by atoms with Gasteiger partial charge in [0.15, 0.2) is 6.29 Å². The Morgan fingerprint density at radius 3 is 2.76 bits per heavy atom. The first kappa shape index (κ1) is 16.0. The molecule has 1 aromatic heterocycles. The summed E-state index contributed by atoms with van der Waals surface area (Å²) in [6, 6.07) is 9.37. The van der Waals surface area contributed by atoms with Gasteiger partial charge in [-0.3, -0.25) is 0 Å². The quantitative estimate of drug-likeness (QED) is 0.852. The van der Waals surface area contributed by atoms with Gasteiger partial charge >= 0.3 is 0 Å². The Morgan fingerprint density at radius 1 is 1.29 bits per heavy atom. The summed E-state index contributed by atoms with van der Waals surface area (Å²) in [6.07, 6.45) is 0.797. The van der Waals surface area contributed by atoms with Crippen LogP contribution in [0.5, 0.6) is 5.75 Å². The number of halogens is 1. The maximum absolute atomic E-state index is 9.27. The molecule has 0 amide bonds. The van der Waals surface area contributed by atoms with E-state index in [1.807, 2.05) is 24.3 Å². The Hall–Kier alpha value is -1.40. The van der Waals surface area contributed by atoms with Gasteiger partial charge in [0, 0.05) is 25.0 Å². The van der Waals surface area contributed by atoms with Crippen molar-refractivity contribution >= 4 is 22.5 Å². The minimum absolute atomic E-state index is 0.0435. The Morgan fingerprint density at radius 2 is 2.05 bits per heavy atom. The number of aliphatic hydroxyl groups is 2. The average Bonchev–Trinajstić information content (AvgIpc) is 2.92. The predicted octanol–water partition coefficient (Wildman–Crippen LogP) is 2.37. The van der Waals surface area contributed by atoms with E-state index < -0.39 is 6.29 Å². The summed E-state index contributed by atoms with van der Waals surface area (Å²) in [4.78, 5) is 4.24. The zero-order valence-corrected chi connectivity index (χ0v) is 12.5. The Labute approximate surface area is 128 Å². The second-order valence-corrected chi connectivity index (χ2v) is 4.98. The third kappa shape index (κ3) is 4.28. The Bertz CT molecular complexity index is 593. The van der Waals surface area contributed by atoms with Crippen LogP contribution in [0, 0.1) is 0 Å². The predicted molar refractivity (Wildman–Crippen MR) is 80.5 cm³/mol. The number of aromatic nitrogens is 1. The minimum Gasteiger partial charge on any atom is -0.491 e. The third-order valence-electron chi connectivity index (χ3n) is 3.15. The summed E-state index contributed by atoms with van der Waals surface area (Å²) in [5.74, 6) is 0.729. The smallest absolute Gasteiger partial charge is 0.155 e. The molecule has 2 aromatic rings. The summed E-state index contributed by atoms with van der Waals surface area (Å²) in [5, 5.41) is 17.7. The van der Waals surface area contributed by atoms with E-state index in [-0.39, 0.29) is 6.10 Å². The number of aliphatic hydroxyl groups excluding tert-OH is 2. The molecule has 2 N–H and O–H groups in total. The van der Waals surface area contributed by atoms with Gasteiger partial charge < -0.3 is 19.7 Å². The zero-order valence-electron chi connectivity index (χ0n) is 11.7. The number of hydrogen-bond donors (Lipinski definition) is 2. The molecule has 21 heavy (non-hydrogen) atoms. The van der Waals surface area contributed by atoms with Crippen LogP contribution >= 0.6 is 11.6 Å². The van der Waals surface area contributed by atoms with Crippen LogP contribution in [0.1, 0.15) is 12.8 Å². The van der Waals surface area contributed by atoms with E-state index in [1.54, 1.807) is 6.07 Å². The molecule has 5 nitrogen and oxygen atoms in total. The second kappa shape index (κ2) is 7.56. The fourth-order valence-corrected chi connectivity index (χ4v) is 2.31. The zero-order chi connectivity index (χ0) is 15.2. The fourth-order valence-electron chi connectivity index (χ4n) is 2.16. The third-order valence-corrected chi connectivity index (χ3v) is 3.36. The van der Waals surface area contributed by atoms with Crippen molar-refractivity contribution in [1.29, 1.82) is 0 Å². The van der Waals surface area contributed by atoms with Crippen LogP contribution in [0.4, 0.5) is 0 Å². The lowest BCUT2D eigenvalue weighted by molar-refractivity contribution is -0.0984. The highest BCUT2D eigenvalue weighted by Crippen LogP contribution is 2.23. The van der Waals surface area contributed by atoms with Gasteiger partial charge in [0.2, 0.25) is 0 Å². The SMILES string of the molecule is CO.OC1CCC(COc2ccc3ccc(Cl)nc3c2)O1. The van der Waals surface area contributed by atoms with Crippen LogP contribution < -0.4 is 4.74 Å². The van der Waals surface area contributed by atoms with E-state index in [0.29, 0.717) is 18.2 Å². The summed E-state index contributed by atoms with van der Waals surface area (Å²) >= 11 is 5.87. The molecule has 0 aliphatic carbocycles. The first-order valence-electron chi connectivity index (χ1n) is 6.68. The van der Waals surface area contributed by atoms with Crippen LogP contribution in [0.25, 0.3) is 10.9 Å². The summed E-state index contributed by atoms with van der Waals surface area (Å²) in [5.41, 5.74) is 0.803. The molecule has 1 aliphatic rings. The first-order valence-corrected chi connectivity index (χ1v) is 7.06. The maximum Gasteiger partial charge on any atom is 0.155 e. The lowest BCUT2D eigenvalue weighted by Crippen LogP contribution is -2.18. The first-order chi connectivity index (χ1) is 10.2. The number of nitrogens with zero attached hydrogens (tertiary/aromatic N) is 1. The van der Waals surface area contributed by atoms with E-state index in [2.05, 4.69) is 4.98 Å². The van der Waals surface area contributed by atoms with E-state index in [0.717, 1.165) is 30.2 Å². The van der Waals surface area contributed by atoms with Crippen molar-refractivity contribution in [3.8, 4) is 5.75 Å². The highest BCUT2D eigenvalue weighted by Gasteiger charge is 2.23. The Kier molecular flexibility index (Phi) is 5.76. The van der Waals surface area contributed by atoms with Crippen molar-refractivity contribution in [2.45, 2.75) is 25.2 Å². The Balaban J connectivity index is 0.000000774. The van der Waals surface area contributed by atoms with Gasteiger partial charge in [-0.25, -0.2) is 4.98 Å². The lowest BCUT2D eigenvalue weighted by Gasteiger charge is -2.12. The van der Waals surface area contributed by atoms with Crippen molar-refractivity contribution in [3.63, 3.8) is 0 Å².